The van der Waals surface area contributed by atoms with Gasteiger partial charge in [0.25, 0.3) is 0 Å². The van der Waals surface area contributed by atoms with Gasteiger partial charge in [-0.3, -0.25) is 9.36 Å². The maximum atomic E-state index is 11.7. The van der Waals surface area contributed by atoms with Crippen LogP contribution in [0.4, 0.5) is 5.95 Å². The SMILES string of the molecule is CC(C)CNC(=O)C(C)Sc1nnc(N)n1C. The van der Waals surface area contributed by atoms with Crippen LogP contribution in [0, 0.1) is 5.92 Å². The molecule has 1 unspecified atom stereocenters. The van der Waals surface area contributed by atoms with Gasteiger partial charge in [-0.15, -0.1) is 10.2 Å². The predicted molar refractivity (Wildman–Crippen MR) is 68.6 cm³/mol. The topological polar surface area (TPSA) is 85.8 Å². The molecular weight excluding hydrogens is 238 g/mol. The number of thioether (sulfide) groups is 1. The lowest BCUT2D eigenvalue weighted by molar-refractivity contribution is -0.120. The Morgan fingerprint density at radius 2 is 2.12 bits per heavy atom. The molecule has 0 aliphatic rings. The van der Waals surface area contributed by atoms with Gasteiger partial charge in [0.05, 0.1) is 5.25 Å². The van der Waals surface area contributed by atoms with Crippen LogP contribution < -0.4 is 11.1 Å². The molecule has 7 heteroatoms. The van der Waals surface area contributed by atoms with E-state index in [4.69, 9.17) is 5.73 Å². The van der Waals surface area contributed by atoms with E-state index in [1.165, 1.54) is 11.8 Å². The largest absolute Gasteiger partial charge is 0.368 e. The number of nitrogens with two attached hydrogens (primary N) is 1. The molecular formula is C10H19N5OS. The van der Waals surface area contributed by atoms with E-state index in [0.29, 0.717) is 23.6 Å². The van der Waals surface area contributed by atoms with E-state index < -0.39 is 0 Å². The summed E-state index contributed by atoms with van der Waals surface area (Å²) in [7, 11) is 1.77. The molecule has 1 aromatic rings. The molecule has 1 heterocycles. The van der Waals surface area contributed by atoms with Crippen molar-refractivity contribution in [1.82, 2.24) is 20.1 Å². The van der Waals surface area contributed by atoms with Crippen LogP contribution in [-0.2, 0) is 11.8 Å². The maximum Gasteiger partial charge on any atom is 0.233 e. The van der Waals surface area contributed by atoms with Crippen molar-refractivity contribution in [3.05, 3.63) is 0 Å². The average Bonchev–Trinajstić information content (AvgIpc) is 2.57. The van der Waals surface area contributed by atoms with Crippen LogP contribution in [0.3, 0.4) is 0 Å². The zero-order chi connectivity index (χ0) is 13.0. The highest BCUT2D eigenvalue weighted by molar-refractivity contribution is 8.00. The summed E-state index contributed by atoms with van der Waals surface area (Å²) in [5.74, 6) is 0.800. The quantitative estimate of drug-likeness (QED) is 0.756. The smallest absolute Gasteiger partial charge is 0.233 e. The van der Waals surface area contributed by atoms with Gasteiger partial charge in [0.1, 0.15) is 0 Å². The summed E-state index contributed by atoms with van der Waals surface area (Å²) in [6.45, 7) is 6.64. The van der Waals surface area contributed by atoms with Crippen LogP contribution in [0.25, 0.3) is 0 Å². The first kappa shape index (κ1) is 13.8. The minimum absolute atomic E-state index is 0.00488. The summed E-state index contributed by atoms with van der Waals surface area (Å²) in [6.07, 6.45) is 0. The number of anilines is 1. The normalized spacial score (nSPS) is 12.8. The first-order valence-corrected chi connectivity index (χ1v) is 6.39. The molecule has 1 rings (SSSR count). The lowest BCUT2D eigenvalue weighted by Gasteiger charge is -2.12. The summed E-state index contributed by atoms with van der Waals surface area (Å²) in [5.41, 5.74) is 5.57. The number of hydrogen-bond acceptors (Lipinski definition) is 5. The highest BCUT2D eigenvalue weighted by Gasteiger charge is 2.17. The summed E-state index contributed by atoms with van der Waals surface area (Å²) in [4.78, 5) is 11.7. The Hall–Kier alpha value is -1.24. The van der Waals surface area contributed by atoms with Crippen LogP contribution in [0.1, 0.15) is 20.8 Å². The summed E-state index contributed by atoms with van der Waals surface area (Å²) in [6, 6.07) is 0. The van der Waals surface area contributed by atoms with Gasteiger partial charge in [0.2, 0.25) is 11.9 Å². The number of carbonyl (C=O) groups excluding carboxylic acids is 1. The van der Waals surface area contributed by atoms with E-state index in [2.05, 4.69) is 29.4 Å². The van der Waals surface area contributed by atoms with E-state index in [1.807, 2.05) is 6.92 Å². The molecule has 1 aromatic heterocycles. The van der Waals surface area contributed by atoms with Crippen molar-refractivity contribution in [2.24, 2.45) is 13.0 Å². The zero-order valence-electron chi connectivity index (χ0n) is 10.6. The highest BCUT2D eigenvalue weighted by atomic mass is 32.2. The van der Waals surface area contributed by atoms with Gasteiger partial charge < -0.3 is 11.1 Å². The van der Waals surface area contributed by atoms with Crippen LogP contribution in [0.2, 0.25) is 0 Å². The zero-order valence-corrected chi connectivity index (χ0v) is 11.4. The fourth-order valence-electron chi connectivity index (χ4n) is 1.09. The van der Waals surface area contributed by atoms with Gasteiger partial charge in [0, 0.05) is 13.6 Å². The van der Waals surface area contributed by atoms with E-state index in [9.17, 15) is 4.79 Å². The number of amides is 1. The Morgan fingerprint density at radius 3 is 2.59 bits per heavy atom. The van der Waals surface area contributed by atoms with Crippen molar-refractivity contribution in [2.45, 2.75) is 31.2 Å². The first-order valence-electron chi connectivity index (χ1n) is 5.51. The van der Waals surface area contributed by atoms with Crippen molar-refractivity contribution in [3.8, 4) is 0 Å². The second-order valence-corrected chi connectivity index (χ2v) is 5.61. The minimum atomic E-state index is -0.212. The molecule has 0 spiro atoms. The molecule has 6 nitrogen and oxygen atoms in total. The van der Waals surface area contributed by atoms with Gasteiger partial charge in [-0.05, 0) is 12.8 Å². The molecule has 1 amide bonds. The minimum Gasteiger partial charge on any atom is -0.368 e. The molecule has 3 N–H and O–H groups in total. The Kier molecular flexibility index (Phi) is 4.80. The van der Waals surface area contributed by atoms with E-state index in [0.717, 1.165) is 0 Å². The monoisotopic (exact) mass is 257 g/mol. The maximum absolute atomic E-state index is 11.7. The lowest BCUT2D eigenvalue weighted by atomic mass is 10.2. The van der Waals surface area contributed by atoms with Gasteiger partial charge in [0.15, 0.2) is 5.16 Å². The van der Waals surface area contributed by atoms with Crippen LogP contribution >= 0.6 is 11.8 Å². The number of nitrogens with one attached hydrogen (secondary N) is 1. The second-order valence-electron chi connectivity index (χ2n) is 4.30. The number of nitrogens with zero attached hydrogens (tertiary/aromatic N) is 3. The van der Waals surface area contributed by atoms with Gasteiger partial charge >= 0.3 is 0 Å². The average molecular weight is 257 g/mol. The van der Waals surface area contributed by atoms with Crippen molar-refractivity contribution in [2.75, 3.05) is 12.3 Å². The third kappa shape index (κ3) is 3.92. The lowest BCUT2D eigenvalue weighted by Crippen LogP contribution is -2.33. The number of aromatic nitrogens is 3. The van der Waals surface area contributed by atoms with Crippen molar-refractivity contribution >= 4 is 23.6 Å². The molecule has 0 saturated carbocycles. The second kappa shape index (κ2) is 5.90. The van der Waals surface area contributed by atoms with E-state index in [1.54, 1.807) is 11.6 Å². The fourth-order valence-corrected chi connectivity index (χ4v) is 1.94. The molecule has 0 aliphatic carbocycles. The van der Waals surface area contributed by atoms with Crippen molar-refractivity contribution in [1.29, 1.82) is 0 Å². The van der Waals surface area contributed by atoms with Crippen LogP contribution in [0.15, 0.2) is 5.16 Å². The summed E-state index contributed by atoms with van der Waals surface area (Å²) in [5, 5.41) is 11.0. The molecule has 0 radical (unpaired) electrons. The van der Waals surface area contributed by atoms with E-state index in [-0.39, 0.29) is 11.2 Å². The fraction of sp³-hybridized carbons (Fsp3) is 0.700. The molecule has 0 bridgehead atoms. The Labute approximate surface area is 105 Å². The highest BCUT2D eigenvalue weighted by Crippen LogP contribution is 2.21. The van der Waals surface area contributed by atoms with Crippen molar-refractivity contribution in [3.63, 3.8) is 0 Å². The number of hydrogen-bond donors (Lipinski definition) is 2. The standard InChI is InChI=1S/C10H19N5OS/c1-6(2)5-12-8(16)7(3)17-10-14-13-9(11)15(10)4/h6-7H,5H2,1-4H3,(H2,11,13)(H,12,16). The van der Waals surface area contributed by atoms with Gasteiger partial charge in [-0.1, -0.05) is 25.6 Å². The Balaban J connectivity index is 2.51. The number of nitrogen functional groups attached to an aromatic ring is 1. The summed E-state index contributed by atoms with van der Waals surface area (Å²) >= 11 is 1.35. The Bertz CT molecular complexity index is 390. The molecule has 1 atom stereocenters. The molecule has 0 aliphatic heterocycles. The molecule has 0 fully saturated rings. The predicted octanol–water partition coefficient (Wildman–Crippen LogP) is 0.650. The van der Waals surface area contributed by atoms with Crippen LogP contribution in [0.5, 0.6) is 0 Å². The molecule has 17 heavy (non-hydrogen) atoms. The Morgan fingerprint density at radius 1 is 1.47 bits per heavy atom. The van der Waals surface area contributed by atoms with Gasteiger partial charge in [-0.2, -0.15) is 0 Å². The van der Waals surface area contributed by atoms with E-state index >= 15 is 0 Å². The molecule has 0 saturated heterocycles. The molecule has 96 valence electrons. The molecule has 0 aromatic carbocycles. The number of carbonyl (C=O) groups is 1. The third-order valence-corrected chi connectivity index (χ3v) is 3.34. The third-order valence-electron chi connectivity index (χ3n) is 2.20. The first-order chi connectivity index (χ1) is 7.91. The van der Waals surface area contributed by atoms with Gasteiger partial charge in [-0.25, -0.2) is 0 Å². The summed E-state index contributed by atoms with van der Waals surface area (Å²) < 4.78 is 1.66. The number of rotatable bonds is 5. The van der Waals surface area contributed by atoms with Crippen LogP contribution in [-0.4, -0.2) is 32.5 Å². The van der Waals surface area contributed by atoms with Crippen molar-refractivity contribution < 1.29 is 4.79 Å².